The van der Waals surface area contributed by atoms with Crippen LogP contribution in [-0.2, 0) is 16.4 Å². The van der Waals surface area contributed by atoms with Gasteiger partial charge in [0.2, 0.25) is 0 Å². The minimum absolute atomic E-state index is 0.0879. The number of H-pyrrole nitrogens is 1. The van der Waals surface area contributed by atoms with E-state index in [1.165, 1.54) is 16.7 Å². The predicted octanol–water partition coefficient (Wildman–Crippen LogP) is 1.44. The largest absolute Gasteiger partial charge is 0.326 e. The van der Waals surface area contributed by atoms with Crippen LogP contribution in [0.15, 0.2) is 23.0 Å². The Kier molecular flexibility index (Phi) is 3.16. The van der Waals surface area contributed by atoms with Crippen molar-refractivity contribution < 1.29 is 12.8 Å². The van der Waals surface area contributed by atoms with Gasteiger partial charge >= 0.3 is 5.69 Å². The summed E-state index contributed by atoms with van der Waals surface area (Å²) < 4.78 is 39.0. The molecule has 1 unspecified atom stereocenters. The van der Waals surface area contributed by atoms with E-state index in [4.69, 9.17) is 0 Å². The molecule has 5 nitrogen and oxygen atoms in total. The highest BCUT2D eigenvalue weighted by Crippen LogP contribution is 2.22. The van der Waals surface area contributed by atoms with Crippen molar-refractivity contribution in [2.24, 2.45) is 0 Å². The Morgan fingerprint density at radius 2 is 2.15 bits per heavy atom. The number of aromatic nitrogens is 2. The van der Waals surface area contributed by atoms with Gasteiger partial charge in [0.15, 0.2) is 9.84 Å². The summed E-state index contributed by atoms with van der Waals surface area (Å²) in [6.07, 6.45) is 2.07. The van der Waals surface area contributed by atoms with E-state index in [0.29, 0.717) is 18.4 Å². The SMILES string of the molecule is O=c1[nH]c2c(F)cccc2n1CC1CCCCS1(=O)=O. The average Bonchev–Trinajstić information content (AvgIpc) is 2.70. The van der Waals surface area contributed by atoms with Gasteiger partial charge in [-0.25, -0.2) is 17.6 Å². The number of nitrogens with one attached hydrogen (secondary N) is 1. The van der Waals surface area contributed by atoms with Gasteiger partial charge < -0.3 is 4.98 Å². The van der Waals surface area contributed by atoms with Gasteiger partial charge in [-0.1, -0.05) is 12.5 Å². The number of para-hydroxylation sites is 1. The Hall–Kier alpha value is -1.63. The molecule has 20 heavy (non-hydrogen) atoms. The summed E-state index contributed by atoms with van der Waals surface area (Å²) >= 11 is 0. The number of aromatic amines is 1. The highest BCUT2D eigenvalue weighted by atomic mass is 32.2. The van der Waals surface area contributed by atoms with Gasteiger partial charge in [-0.15, -0.1) is 0 Å². The van der Waals surface area contributed by atoms with Crippen LogP contribution in [0.1, 0.15) is 19.3 Å². The Morgan fingerprint density at radius 3 is 2.90 bits per heavy atom. The molecule has 1 atom stereocenters. The second kappa shape index (κ2) is 4.73. The van der Waals surface area contributed by atoms with Gasteiger partial charge in [0.1, 0.15) is 11.3 Å². The van der Waals surface area contributed by atoms with E-state index >= 15 is 0 Å². The van der Waals surface area contributed by atoms with E-state index < -0.39 is 26.6 Å². The minimum Gasteiger partial charge on any atom is -0.303 e. The van der Waals surface area contributed by atoms with E-state index in [2.05, 4.69) is 4.98 Å². The first-order valence-electron chi connectivity index (χ1n) is 6.57. The number of nitrogens with zero attached hydrogens (tertiary/aromatic N) is 1. The van der Waals surface area contributed by atoms with Crippen molar-refractivity contribution in [1.82, 2.24) is 9.55 Å². The standard InChI is InChI=1S/C13H15FN2O3S/c14-10-5-3-6-11-12(10)15-13(17)16(11)8-9-4-1-2-7-20(9,18)19/h3,5-6,9H,1-2,4,7-8H2,(H,15,17). The van der Waals surface area contributed by atoms with Gasteiger partial charge in [0.05, 0.1) is 16.5 Å². The highest BCUT2D eigenvalue weighted by Gasteiger charge is 2.30. The molecule has 3 rings (SSSR count). The van der Waals surface area contributed by atoms with Gasteiger partial charge in [0, 0.05) is 6.54 Å². The van der Waals surface area contributed by atoms with Gasteiger partial charge in [0.25, 0.3) is 0 Å². The molecule has 0 radical (unpaired) electrons. The van der Waals surface area contributed by atoms with Crippen molar-refractivity contribution in [3.63, 3.8) is 0 Å². The summed E-state index contributed by atoms with van der Waals surface area (Å²) in [6.45, 7) is 0.0879. The maximum absolute atomic E-state index is 13.6. The van der Waals surface area contributed by atoms with Crippen LogP contribution >= 0.6 is 0 Å². The highest BCUT2D eigenvalue weighted by molar-refractivity contribution is 7.92. The maximum atomic E-state index is 13.6. The average molecular weight is 298 g/mol. The summed E-state index contributed by atoms with van der Waals surface area (Å²) in [5.74, 6) is -0.340. The smallest absolute Gasteiger partial charge is 0.303 e. The molecule has 108 valence electrons. The number of halogens is 1. The number of fused-ring (bicyclic) bond motifs is 1. The molecule has 1 aliphatic rings. The number of hydrogen-bond donors (Lipinski definition) is 1. The number of rotatable bonds is 2. The van der Waals surface area contributed by atoms with Crippen molar-refractivity contribution >= 4 is 20.9 Å². The molecular formula is C13H15FN2O3S. The first-order valence-corrected chi connectivity index (χ1v) is 8.29. The van der Waals surface area contributed by atoms with E-state index in [1.807, 2.05) is 0 Å². The van der Waals surface area contributed by atoms with Crippen LogP contribution in [0.4, 0.5) is 4.39 Å². The molecule has 1 aromatic carbocycles. The zero-order chi connectivity index (χ0) is 14.3. The Bertz CT molecular complexity index is 807. The van der Waals surface area contributed by atoms with Crippen LogP contribution < -0.4 is 5.69 Å². The van der Waals surface area contributed by atoms with Crippen LogP contribution in [0.5, 0.6) is 0 Å². The van der Waals surface area contributed by atoms with E-state index in [9.17, 15) is 17.6 Å². The summed E-state index contributed by atoms with van der Waals surface area (Å²) in [5, 5.41) is -0.559. The fraction of sp³-hybridized carbons (Fsp3) is 0.462. The molecule has 0 amide bonds. The monoisotopic (exact) mass is 298 g/mol. The van der Waals surface area contributed by atoms with Crippen molar-refractivity contribution in [3.05, 3.63) is 34.5 Å². The molecule has 7 heteroatoms. The molecular weight excluding hydrogens is 283 g/mol. The number of benzene rings is 1. The third kappa shape index (κ3) is 2.15. The summed E-state index contributed by atoms with van der Waals surface area (Å²) in [4.78, 5) is 14.4. The van der Waals surface area contributed by atoms with Crippen molar-refractivity contribution in [3.8, 4) is 0 Å². The van der Waals surface area contributed by atoms with E-state index in [0.717, 1.165) is 6.42 Å². The van der Waals surface area contributed by atoms with E-state index in [1.54, 1.807) is 6.07 Å². The van der Waals surface area contributed by atoms with Crippen molar-refractivity contribution in [1.29, 1.82) is 0 Å². The lowest BCUT2D eigenvalue weighted by Crippen LogP contribution is -2.34. The van der Waals surface area contributed by atoms with Gasteiger partial charge in [-0.05, 0) is 25.0 Å². The zero-order valence-corrected chi connectivity index (χ0v) is 11.6. The van der Waals surface area contributed by atoms with Crippen molar-refractivity contribution in [2.45, 2.75) is 31.1 Å². The van der Waals surface area contributed by atoms with Crippen LogP contribution in [-0.4, -0.2) is 29.0 Å². The summed E-state index contributed by atoms with van der Waals surface area (Å²) in [5.41, 5.74) is 0.0763. The molecule has 1 saturated heterocycles. The Morgan fingerprint density at radius 1 is 1.35 bits per heavy atom. The molecule has 1 fully saturated rings. The van der Waals surface area contributed by atoms with Crippen LogP contribution in [0.2, 0.25) is 0 Å². The molecule has 2 heterocycles. The predicted molar refractivity (Wildman–Crippen MR) is 73.9 cm³/mol. The summed E-state index contributed by atoms with van der Waals surface area (Å²) in [6, 6.07) is 4.39. The minimum atomic E-state index is -3.16. The summed E-state index contributed by atoms with van der Waals surface area (Å²) in [7, 11) is -3.16. The molecule has 0 aliphatic carbocycles. The lowest BCUT2D eigenvalue weighted by molar-refractivity contribution is 0.508. The molecule has 2 aromatic rings. The third-order valence-electron chi connectivity index (χ3n) is 3.86. The van der Waals surface area contributed by atoms with Crippen molar-refractivity contribution in [2.75, 3.05) is 5.75 Å². The van der Waals surface area contributed by atoms with E-state index in [-0.39, 0.29) is 17.8 Å². The third-order valence-corrected chi connectivity index (χ3v) is 6.12. The first-order chi connectivity index (χ1) is 9.49. The Labute approximate surface area is 115 Å². The second-order valence-corrected chi connectivity index (χ2v) is 7.56. The van der Waals surface area contributed by atoms with Gasteiger partial charge in [-0.3, -0.25) is 4.57 Å². The molecule has 1 aromatic heterocycles. The lowest BCUT2D eigenvalue weighted by Gasteiger charge is -2.22. The fourth-order valence-corrected chi connectivity index (χ4v) is 4.60. The van der Waals surface area contributed by atoms with Crippen LogP contribution in [0.3, 0.4) is 0 Å². The van der Waals surface area contributed by atoms with Gasteiger partial charge in [-0.2, -0.15) is 0 Å². The molecule has 0 saturated carbocycles. The normalized spacial score (nSPS) is 22.1. The lowest BCUT2D eigenvalue weighted by atomic mass is 10.2. The Balaban J connectivity index is 2.05. The molecule has 0 spiro atoms. The molecule has 1 N–H and O–H groups in total. The molecule has 0 bridgehead atoms. The number of hydrogen-bond acceptors (Lipinski definition) is 3. The second-order valence-electron chi connectivity index (χ2n) is 5.16. The zero-order valence-electron chi connectivity index (χ0n) is 10.8. The van der Waals surface area contributed by atoms with Crippen LogP contribution in [0.25, 0.3) is 11.0 Å². The topological polar surface area (TPSA) is 71.9 Å². The molecule has 1 aliphatic heterocycles. The first kappa shape index (κ1) is 13.4. The number of sulfone groups is 1. The fourth-order valence-electron chi connectivity index (χ4n) is 2.76. The van der Waals surface area contributed by atoms with Crippen LogP contribution in [0, 0.1) is 5.82 Å². The number of imidazole rings is 1. The maximum Gasteiger partial charge on any atom is 0.326 e. The quantitative estimate of drug-likeness (QED) is 0.912.